The van der Waals surface area contributed by atoms with E-state index in [1.54, 1.807) is 14.2 Å². The highest BCUT2D eigenvalue weighted by molar-refractivity contribution is 14.0. The molecular formula is C22H39IN4O3. The van der Waals surface area contributed by atoms with E-state index in [1.165, 1.54) is 0 Å². The van der Waals surface area contributed by atoms with E-state index in [2.05, 4.69) is 40.0 Å². The summed E-state index contributed by atoms with van der Waals surface area (Å²) in [5, 5.41) is 3.47. The molecule has 1 aromatic carbocycles. The van der Waals surface area contributed by atoms with Crippen LogP contribution in [-0.4, -0.2) is 83.0 Å². The first kappa shape index (κ1) is 26.8. The van der Waals surface area contributed by atoms with Crippen LogP contribution in [0, 0.1) is 5.92 Å². The van der Waals surface area contributed by atoms with Crippen LogP contribution in [0.1, 0.15) is 25.8 Å². The SMILES string of the molecule is CCN(CC)CCOc1ccc(CNC(=NC)N2CCC(COC)C2)cc1OC.I. The molecule has 172 valence electrons. The van der Waals surface area contributed by atoms with Gasteiger partial charge in [-0.3, -0.25) is 4.99 Å². The lowest BCUT2D eigenvalue weighted by atomic mass is 10.1. The quantitative estimate of drug-likeness (QED) is 0.268. The maximum Gasteiger partial charge on any atom is 0.193 e. The number of aliphatic imine (C=N–C) groups is 1. The molecule has 1 unspecified atom stereocenters. The molecule has 30 heavy (non-hydrogen) atoms. The van der Waals surface area contributed by atoms with Crippen molar-refractivity contribution in [1.82, 2.24) is 15.1 Å². The van der Waals surface area contributed by atoms with Gasteiger partial charge in [-0.25, -0.2) is 0 Å². The summed E-state index contributed by atoms with van der Waals surface area (Å²) < 4.78 is 16.8. The number of benzene rings is 1. The molecule has 1 fully saturated rings. The summed E-state index contributed by atoms with van der Waals surface area (Å²) >= 11 is 0. The van der Waals surface area contributed by atoms with Crippen LogP contribution in [0.25, 0.3) is 0 Å². The minimum atomic E-state index is 0. The second-order valence-corrected chi connectivity index (χ2v) is 7.32. The zero-order valence-electron chi connectivity index (χ0n) is 19.1. The number of halogens is 1. The maximum absolute atomic E-state index is 5.95. The van der Waals surface area contributed by atoms with Crippen molar-refractivity contribution in [2.24, 2.45) is 10.9 Å². The zero-order valence-corrected chi connectivity index (χ0v) is 21.5. The van der Waals surface area contributed by atoms with Gasteiger partial charge >= 0.3 is 0 Å². The van der Waals surface area contributed by atoms with Gasteiger partial charge in [-0.2, -0.15) is 0 Å². The third-order valence-corrected chi connectivity index (χ3v) is 5.44. The highest BCUT2D eigenvalue weighted by Gasteiger charge is 2.24. The fourth-order valence-electron chi connectivity index (χ4n) is 3.68. The highest BCUT2D eigenvalue weighted by Crippen LogP contribution is 2.28. The number of rotatable bonds is 11. The van der Waals surface area contributed by atoms with Crippen LogP contribution < -0.4 is 14.8 Å². The Labute approximate surface area is 199 Å². The molecule has 0 aromatic heterocycles. The third-order valence-electron chi connectivity index (χ3n) is 5.44. The number of likely N-dealkylation sites (N-methyl/N-ethyl adjacent to an activating group) is 1. The molecular weight excluding hydrogens is 495 g/mol. The van der Waals surface area contributed by atoms with Crippen LogP contribution in [0.3, 0.4) is 0 Å². The standard InChI is InChI=1S/C22H38N4O3.HI/c1-6-25(7-2)12-13-29-20-9-8-18(14-21(20)28-5)15-24-22(23-3)26-11-10-19(16-26)17-27-4;/h8-9,14,19H,6-7,10-13,15-17H2,1-5H3,(H,23,24);1H. The van der Waals surface area contributed by atoms with Gasteiger partial charge in [0.15, 0.2) is 17.5 Å². The Morgan fingerprint density at radius 3 is 2.63 bits per heavy atom. The summed E-state index contributed by atoms with van der Waals surface area (Å²) in [6.07, 6.45) is 1.14. The van der Waals surface area contributed by atoms with Gasteiger partial charge in [0.2, 0.25) is 0 Å². The van der Waals surface area contributed by atoms with E-state index in [0.29, 0.717) is 19.1 Å². The number of nitrogens with one attached hydrogen (secondary N) is 1. The second kappa shape index (κ2) is 14.7. The average Bonchev–Trinajstić information content (AvgIpc) is 3.21. The minimum Gasteiger partial charge on any atom is -0.493 e. The van der Waals surface area contributed by atoms with Crippen LogP contribution in [0.5, 0.6) is 11.5 Å². The lowest BCUT2D eigenvalue weighted by Crippen LogP contribution is -2.39. The predicted octanol–water partition coefficient (Wildman–Crippen LogP) is 3.08. The van der Waals surface area contributed by atoms with Crippen LogP contribution in [0.2, 0.25) is 0 Å². The maximum atomic E-state index is 5.95. The minimum absolute atomic E-state index is 0. The normalized spacial score (nSPS) is 16.5. The summed E-state index contributed by atoms with van der Waals surface area (Å²) in [5.74, 6) is 3.06. The van der Waals surface area contributed by atoms with Crippen molar-refractivity contribution >= 4 is 29.9 Å². The highest BCUT2D eigenvalue weighted by atomic mass is 127. The van der Waals surface area contributed by atoms with Crippen LogP contribution in [-0.2, 0) is 11.3 Å². The van der Waals surface area contributed by atoms with Gasteiger partial charge in [-0.15, -0.1) is 24.0 Å². The van der Waals surface area contributed by atoms with Crippen molar-refractivity contribution in [3.05, 3.63) is 23.8 Å². The summed E-state index contributed by atoms with van der Waals surface area (Å²) in [7, 11) is 5.28. The van der Waals surface area contributed by atoms with Gasteiger partial charge in [0.25, 0.3) is 0 Å². The van der Waals surface area contributed by atoms with E-state index >= 15 is 0 Å². The number of guanidine groups is 1. The fraction of sp³-hybridized carbons (Fsp3) is 0.682. The van der Waals surface area contributed by atoms with E-state index in [9.17, 15) is 0 Å². The number of nitrogens with zero attached hydrogens (tertiary/aromatic N) is 3. The van der Waals surface area contributed by atoms with Crippen molar-refractivity contribution in [2.75, 3.05) is 67.2 Å². The van der Waals surface area contributed by atoms with Gasteiger partial charge in [-0.05, 0) is 37.2 Å². The van der Waals surface area contributed by atoms with E-state index in [-0.39, 0.29) is 24.0 Å². The number of hydrogen-bond donors (Lipinski definition) is 1. The Hall–Kier alpha value is -1.26. The van der Waals surface area contributed by atoms with Crippen LogP contribution in [0.15, 0.2) is 23.2 Å². The molecule has 7 nitrogen and oxygen atoms in total. The van der Waals surface area contributed by atoms with Gasteiger partial charge in [-0.1, -0.05) is 19.9 Å². The van der Waals surface area contributed by atoms with Gasteiger partial charge in [0.05, 0.1) is 13.7 Å². The molecule has 2 rings (SSSR count). The third kappa shape index (κ3) is 8.11. The molecule has 0 spiro atoms. The largest absolute Gasteiger partial charge is 0.493 e. The van der Waals surface area contributed by atoms with Crippen molar-refractivity contribution in [3.63, 3.8) is 0 Å². The predicted molar refractivity (Wildman–Crippen MR) is 133 cm³/mol. The summed E-state index contributed by atoms with van der Waals surface area (Å²) in [6.45, 7) is 11.5. The molecule has 0 amide bonds. The summed E-state index contributed by atoms with van der Waals surface area (Å²) in [6, 6.07) is 6.10. The van der Waals surface area contributed by atoms with Gasteiger partial charge < -0.3 is 29.3 Å². The first-order chi connectivity index (χ1) is 14.1. The zero-order chi connectivity index (χ0) is 21.1. The van der Waals surface area contributed by atoms with Crippen molar-refractivity contribution in [1.29, 1.82) is 0 Å². The lowest BCUT2D eigenvalue weighted by Gasteiger charge is -2.22. The molecule has 0 saturated carbocycles. The van der Waals surface area contributed by atoms with Crippen molar-refractivity contribution < 1.29 is 14.2 Å². The first-order valence-electron chi connectivity index (χ1n) is 10.6. The first-order valence-corrected chi connectivity index (χ1v) is 10.6. The topological polar surface area (TPSA) is 58.6 Å². The number of ether oxygens (including phenoxy) is 3. The Bertz CT molecular complexity index is 641. The number of likely N-dealkylation sites (tertiary alicyclic amines) is 1. The lowest BCUT2D eigenvalue weighted by molar-refractivity contribution is 0.157. The molecule has 1 N–H and O–H groups in total. The number of hydrogen-bond acceptors (Lipinski definition) is 5. The molecule has 1 atom stereocenters. The van der Waals surface area contributed by atoms with Gasteiger partial charge in [0, 0.05) is 46.3 Å². The smallest absolute Gasteiger partial charge is 0.193 e. The molecule has 8 heteroatoms. The number of methoxy groups -OCH3 is 2. The summed E-state index contributed by atoms with van der Waals surface area (Å²) in [4.78, 5) is 9.08. The average molecular weight is 534 g/mol. The van der Waals surface area contributed by atoms with E-state index in [1.807, 2.05) is 19.2 Å². The van der Waals surface area contributed by atoms with Crippen LogP contribution >= 0.6 is 24.0 Å². The fourth-order valence-corrected chi connectivity index (χ4v) is 3.68. The van der Waals surface area contributed by atoms with Gasteiger partial charge in [0.1, 0.15) is 6.61 Å². The summed E-state index contributed by atoms with van der Waals surface area (Å²) in [5.41, 5.74) is 1.13. The molecule has 0 radical (unpaired) electrons. The Balaban J connectivity index is 0.00000450. The molecule has 1 heterocycles. The molecule has 1 aliphatic heterocycles. The molecule has 0 aliphatic carbocycles. The van der Waals surface area contributed by atoms with Crippen molar-refractivity contribution in [2.45, 2.75) is 26.8 Å². The Kier molecular flexibility index (Phi) is 13.1. The van der Waals surface area contributed by atoms with E-state index in [4.69, 9.17) is 14.2 Å². The Morgan fingerprint density at radius 2 is 2.00 bits per heavy atom. The molecule has 0 bridgehead atoms. The molecule has 1 aromatic rings. The van der Waals surface area contributed by atoms with E-state index in [0.717, 1.165) is 68.8 Å². The van der Waals surface area contributed by atoms with Crippen molar-refractivity contribution in [3.8, 4) is 11.5 Å². The molecule has 1 saturated heterocycles. The molecule has 1 aliphatic rings. The van der Waals surface area contributed by atoms with E-state index < -0.39 is 0 Å². The monoisotopic (exact) mass is 534 g/mol. The Morgan fingerprint density at radius 1 is 1.23 bits per heavy atom. The van der Waals surface area contributed by atoms with Crippen LogP contribution in [0.4, 0.5) is 0 Å². The second-order valence-electron chi connectivity index (χ2n) is 7.32.